The summed E-state index contributed by atoms with van der Waals surface area (Å²) >= 11 is 3.72. The van der Waals surface area contributed by atoms with Gasteiger partial charge in [-0.3, -0.25) is 0 Å². The Balaban J connectivity index is 1.14. The normalized spacial score (nSPS) is 11.5. The maximum atomic E-state index is 2.41. The number of hydrogen-bond acceptors (Lipinski definition) is 4. The third-order valence-corrected chi connectivity index (χ3v) is 12.2. The summed E-state index contributed by atoms with van der Waals surface area (Å²) in [7, 11) is 0. The molecular formula is C48H32N2S2. The summed E-state index contributed by atoms with van der Waals surface area (Å²) in [4.78, 5) is 4.78. The first-order valence-electron chi connectivity index (χ1n) is 17.5. The zero-order valence-corrected chi connectivity index (χ0v) is 29.8. The summed E-state index contributed by atoms with van der Waals surface area (Å²) in [6.45, 7) is 0. The molecule has 0 fully saturated rings. The van der Waals surface area contributed by atoms with Crippen molar-refractivity contribution in [3.8, 4) is 11.1 Å². The van der Waals surface area contributed by atoms with Gasteiger partial charge >= 0.3 is 0 Å². The molecule has 0 atom stereocenters. The van der Waals surface area contributed by atoms with Crippen molar-refractivity contribution in [1.82, 2.24) is 0 Å². The molecule has 0 radical (unpaired) electrons. The van der Waals surface area contributed by atoms with Crippen molar-refractivity contribution in [2.45, 2.75) is 0 Å². The fraction of sp³-hybridized carbons (Fsp3) is 0. The number of rotatable bonds is 7. The number of nitrogens with zero attached hydrogens (tertiary/aromatic N) is 2. The van der Waals surface area contributed by atoms with E-state index in [-0.39, 0.29) is 0 Å². The van der Waals surface area contributed by atoms with Crippen molar-refractivity contribution in [1.29, 1.82) is 0 Å². The van der Waals surface area contributed by atoms with Crippen LogP contribution in [0.1, 0.15) is 0 Å². The average Bonchev–Trinajstić information content (AvgIpc) is 3.78. The summed E-state index contributed by atoms with van der Waals surface area (Å²) < 4.78 is 5.15. The van der Waals surface area contributed by atoms with Gasteiger partial charge < -0.3 is 9.80 Å². The van der Waals surface area contributed by atoms with Crippen LogP contribution in [0.2, 0.25) is 0 Å². The number of hydrogen-bond donors (Lipinski definition) is 0. The second-order valence-corrected chi connectivity index (χ2v) is 15.1. The van der Waals surface area contributed by atoms with E-state index in [0.29, 0.717) is 0 Å². The highest BCUT2D eigenvalue weighted by Gasteiger charge is 2.20. The summed E-state index contributed by atoms with van der Waals surface area (Å²) in [5, 5.41) is 5.14. The molecule has 4 heteroatoms. The number of benzene rings is 8. The van der Waals surface area contributed by atoms with Crippen molar-refractivity contribution in [3.63, 3.8) is 0 Å². The number of para-hydroxylation sites is 2. The van der Waals surface area contributed by atoms with E-state index in [1.165, 1.54) is 57.2 Å². The maximum Gasteiger partial charge on any atom is 0.0640 e. The minimum absolute atomic E-state index is 1.12. The Bertz CT molecular complexity index is 2800. The van der Waals surface area contributed by atoms with Crippen molar-refractivity contribution in [2.24, 2.45) is 0 Å². The van der Waals surface area contributed by atoms with E-state index in [1.54, 1.807) is 0 Å². The standard InChI is InChI=1S/C48H32N2S2/c1-4-13-33(14-5-1)34-23-25-37(26-24-34)49(39-27-29-41-40-19-10-11-22-45(40)51-47(41)32-39)38-28-30-46-43(31-38)42-20-12-21-44(48(42)52-46)50(35-15-6-2-7-16-35)36-17-8-3-9-18-36/h1-32H. The van der Waals surface area contributed by atoms with Gasteiger partial charge in [0.2, 0.25) is 0 Å². The molecule has 2 aromatic heterocycles. The van der Waals surface area contributed by atoms with Gasteiger partial charge in [-0.2, -0.15) is 0 Å². The first-order chi connectivity index (χ1) is 25.8. The van der Waals surface area contributed by atoms with E-state index >= 15 is 0 Å². The smallest absolute Gasteiger partial charge is 0.0640 e. The molecule has 0 unspecified atom stereocenters. The van der Waals surface area contributed by atoms with Crippen LogP contribution >= 0.6 is 22.7 Å². The Hall–Kier alpha value is -6.20. The van der Waals surface area contributed by atoms with Crippen molar-refractivity contribution < 1.29 is 0 Å². The summed E-state index contributed by atoms with van der Waals surface area (Å²) in [6.07, 6.45) is 0. The van der Waals surface area contributed by atoms with Gasteiger partial charge in [-0.15, -0.1) is 22.7 Å². The number of fused-ring (bicyclic) bond motifs is 6. The lowest BCUT2D eigenvalue weighted by Crippen LogP contribution is -2.09. The molecule has 0 spiro atoms. The van der Waals surface area contributed by atoms with Gasteiger partial charge in [0.05, 0.1) is 10.4 Å². The molecular weight excluding hydrogens is 669 g/mol. The molecule has 8 aromatic carbocycles. The largest absolute Gasteiger partial charge is 0.310 e. The van der Waals surface area contributed by atoms with Crippen LogP contribution in [0.4, 0.5) is 34.1 Å². The van der Waals surface area contributed by atoms with Gasteiger partial charge in [0.1, 0.15) is 0 Å². The second-order valence-electron chi connectivity index (χ2n) is 13.0. The predicted molar refractivity (Wildman–Crippen MR) is 227 cm³/mol. The molecule has 2 heterocycles. The van der Waals surface area contributed by atoms with Gasteiger partial charge in [0.15, 0.2) is 0 Å². The lowest BCUT2D eigenvalue weighted by molar-refractivity contribution is 1.30. The van der Waals surface area contributed by atoms with Crippen LogP contribution in [0.25, 0.3) is 51.5 Å². The Morgan fingerprint density at radius 2 is 0.827 bits per heavy atom. The maximum absolute atomic E-state index is 2.41. The minimum atomic E-state index is 1.12. The number of thiophene rings is 2. The first-order valence-corrected chi connectivity index (χ1v) is 19.1. The highest BCUT2D eigenvalue weighted by atomic mass is 32.1. The van der Waals surface area contributed by atoms with Gasteiger partial charge in [0, 0.05) is 64.1 Å². The van der Waals surface area contributed by atoms with Gasteiger partial charge in [-0.25, -0.2) is 0 Å². The summed E-state index contributed by atoms with van der Waals surface area (Å²) in [5.74, 6) is 0. The van der Waals surface area contributed by atoms with Crippen LogP contribution in [-0.4, -0.2) is 0 Å². The Kier molecular flexibility index (Phi) is 7.56. The van der Waals surface area contributed by atoms with Crippen LogP contribution in [0.3, 0.4) is 0 Å². The van der Waals surface area contributed by atoms with E-state index in [1.807, 2.05) is 22.7 Å². The molecule has 0 aliphatic carbocycles. The van der Waals surface area contributed by atoms with Crippen molar-refractivity contribution >= 4 is 97.1 Å². The third kappa shape index (κ3) is 5.32. The SMILES string of the molecule is c1ccc(-c2ccc(N(c3ccc4c(c3)sc3ccccc34)c3ccc4sc5c(N(c6ccccc6)c6ccccc6)cccc5c4c3)cc2)cc1. The number of anilines is 6. The highest BCUT2D eigenvalue weighted by Crippen LogP contribution is 2.47. The van der Waals surface area contributed by atoms with Crippen molar-refractivity contribution in [3.05, 3.63) is 194 Å². The van der Waals surface area contributed by atoms with Crippen LogP contribution < -0.4 is 9.80 Å². The molecule has 0 aliphatic rings. The molecule has 0 bridgehead atoms. The molecule has 246 valence electrons. The van der Waals surface area contributed by atoms with Crippen molar-refractivity contribution in [2.75, 3.05) is 9.80 Å². The fourth-order valence-corrected chi connectivity index (χ4v) is 9.73. The second kappa shape index (κ2) is 12.8. The monoisotopic (exact) mass is 700 g/mol. The Labute approximate surface area is 310 Å². The molecule has 10 aromatic rings. The first kappa shape index (κ1) is 30.6. The molecule has 52 heavy (non-hydrogen) atoms. The molecule has 0 saturated carbocycles. The van der Waals surface area contributed by atoms with E-state index in [9.17, 15) is 0 Å². The highest BCUT2D eigenvalue weighted by molar-refractivity contribution is 7.26. The summed E-state index contributed by atoms with van der Waals surface area (Å²) in [5.41, 5.74) is 9.29. The van der Waals surface area contributed by atoms with Crippen LogP contribution in [-0.2, 0) is 0 Å². The lowest BCUT2D eigenvalue weighted by atomic mass is 10.0. The third-order valence-electron chi connectivity index (χ3n) is 9.84. The molecule has 2 nitrogen and oxygen atoms in total. The minimum Gasteiger partial charge on any atom is -0.310 e. The van der Waals surface area contributed by atoms with Crippen LogP contribution in [0.5, 0.6) is 0 Å². The molecule has 0 aliphatic heterocycles. The van der Waals surface area contributed by atoms with Gasteiger partial charge in [0.25, 0.3) is 0 Å². The van der Waals surface area contributed by atoms with Crippen LogP contribution in [0.15, 0.2) is 194 Å². The Morgan fingerprint density at radius 1 is 0.288 bits per heavy atom. The quantitative estimate of drug-likeness (QED) is 0.163. The average molecular weight is 701 g/mol. The predicted octanol–water partition coefficient (Wildman–Crippen LogP) is 15.0. The molecule has 0 amide bonds. The van der Waals surface area contributed by atoms with E-state index in [4.69, 9.17) is 0 Å². The van der Waals surface area contributed by atoms with E-state index in [0.717, 1.165) is 28.4 Å². The zero-order chi connectivity index (χ0) is 34.4. The molecule has 0 saturated heterocycles. The lowest BCUT2D eigenvalue weighted by Gasteiger charge is -2.26. The zero-order valence-electron chi connectivity index (χ0n) is 28.2. The van der Waals surface area contributed by atoms with Crippen LogP contribution in [0, 0.1) is 0 Å². The Morgan fingerprint density at radius 3 is 1.58 bits per heavy atom. The molecule has 10 rings (SSSR count). The summed E-state index contributed by atoms with van der Waals surface area (Å²) in [6, 6.07) is 70.3. The van der Waals surface area contributed by atoms with E-state index in [2.05, 4.69) is 204 Å². The fourth-order valence-electron chi connectivity index (χ4n) is 7.40. The van der Waals surface area contributed by atoms with Gasteiger partial charge in [-0.1, -0.05) is 115 Å². The molecule has 0 N–H and O–H groups in total. The van der Waals surface area contributed by atoms with E-state index < -0.39 is 0 Å². The topological polar surface area (TPSA) is 6.48 Å². The van der Waals surface area contributed by atoms with Gasteiger partial charge in [-0.05, 0) is 90.0 Å².